The average Bonchev–Trinajstić information content (AvgIpc) is 3.31. The van der Waals surface area contributed by atoms with E-state index < -0.39 is 44.5 Å². The van der Waals surface area contributed by atoms with Crippen LogP contribution in [0.3, 0.4) is 0 Å². The summed E-state index contributed by atoms with van der Waals surface area (Å²) < 4.78 is 12.2. The monoisotopic (exact) mass is 602 g/mol. The third-order valence-electron chi connectivity index (χ3n) is 6.57. The molecule has 218 valence electrons. The van der Waals surface area contributed by atoms with Gasteiger partial charge in [0.2, 0.25) is 0 Å². The molecule has 0 aliphatic carbocycles. The maximum atomic E-state index is 14.0. The first-order valence-corrected chi connectivity index (χ1v) is 13.5. The third kappa shape index (κ3) is 5.38. The average molecular weight is 603 g/mol. The Bertz CT molecular complexity index is 1960. The number of aromatic nitrogens is 1. The number of rotatable bonds is 8. The van der Waals surface area contributed by atoms with Gasteiger partial charge in [-0.25, -0.2) is 9.79 Å². The number of aromatic hydroxyl groups is 1. The van der Waals surface area contributed by atoms with E-state index in [0.717, 1.165) is 23.5 Å². The largest absolute Gasteiger partial charge is 0.497 e. The lowest BCUT2D eigenvalue weighted by Crippen LogP contribution is -2.40. The zero-order chi connectivity index (χ0) is 30.8. The second kappa shape index (κ2) is 11.7. The van der Waals surface area contributed by atoms with Crippen LogP contribution in [-0.2, 0) is 9.53 Å². The summed E-state index contributed by atoms with van der Waals surface area (Å²) in [5.41, 5.74) is -0.935. The third-order valence-corrected chi connectivity index (χ3v) is 7.55. The predicted molar refractivity (Wildman–Crippen MR) is 155 cm³/mol. The molecule has 1 atom stereocenters. The number of benzene rings is 3. The zero-order valence-corrected chi connectivity index (χ0v) is 23.4. The van der Waals surface area contributed by atoms with Crippen LogP contribution in [0.1, 0.15) is 29.7 Å². The molecular weight excluding hydrogens is 580 g/mol. The molecule has 13 nitrogen and oxygen atoms in total. The van der Waals surface area contributed by atoms with Crippen molar-refractivity contribution < 1.29 is 29.2 Å². The highest BCUT2D eigenvalue weighted by Crippen LogP contribution is 2.38. The molecule has 5 rings (SSSR count). The summed E-state index contributed by atoms with van der Waals surface area (Å²) in [6.07, 6.45) is 1.24. The van der Waals surface area contributed by atoms with Crippen molar-refractivity contribution >= 4 is 40.5 Å². The van der Waals surface area contributed by atoms with Gasteiger partial charge in [0.05, 0.1) is 45.4 Å². The van der Waals surface area contributed by atoms with Crippen LogP contribution in [0, 0.1) is 20.2 Å². The SMILES string of the molecule is CCOC(=O)C1=C(c2ccccc2)N=c2s/c(=C\c3cc([N+](=O)[O-])c(O)c([N+](=O)[O-])c3)c(=O)n2[C@@H]1c1cccc(OC)c1. The number of hydrogen-bond donors (Lipinski definition) is 1. The van der Waals surface area contributed by atoms with Crippen molar-refractivity contribution in [2.24, 2.45) is 4.99 Å². The van der Waals surface area contributed by atoms with Crippen molar-refractivity contribution in [3.05, 3.63) is 129 Å². The number of fused-ring (bicyclic) bond motifs is 1. The van der Waals surface area contributed by atoms with E-state index in [4.69, 9.17) is 14.5 Å². The summed E-state index contributed by atoms with van der Waals surface area (Å²) in [5, 5.41) is 33.0. The maximum Gasteiger partial charge on any atom is 0.338 e. The minimum Gasteiger partial charge on any atom is -0.497 e. The van der Waals surface area contributed by atoms with Crippen molar-refractivity contribution in [3.8, 4) is 11.5 Å². The number of nitrogens with zero attached hydrogens (tertiary/aromatic N) is 4. The Morgan fingerprint density at radius 1 is 1.07 bits per heavy atom. The lowest BCUT2D eigenvalue weighted by molar-refractivity contribution is -0.396. The second-order valence-electron chi connectivity index (χ2n) is 9.13. The number of carbonyl (C=O) groups is 1. The normalized spacial score (nSPS) is 14.6. The molecule has 0 spiro atoms. The number of thiazole rings is 1. The molecule has 0 fully saturated rings. The topological polar surface area (TPSA) is 176 Å². The fourth-order valence-corrected chi connectivity index (χ4v) is 5.71. The quantitative estimate of drug-likeness (QED) is 0.180. The van der Waals surface area contributed by atoms with Gasteiger partial charge in [-0.3, -0.25) is 29.6 Å². The van der Waals surface area contributed by atoms with Gasteiger partial charge in [0.25, 0.3) is 11.3 Å². The fourth-order valence-electron chi connectivity index (χ4n) is 4.71. The summed E-state index contributed by atoms with van der Waals surface area (Å²) in [6, 6.07) is 16.6. The number of nitro groups is 2. The highest BCUT2D eigenvalue weighted by atomic mass is 32.1. The molecule has 0 bridgehead atoms. The number of phenols is 1. The van der Waals surface area contributed by atoms with Crippen LogP contribution in [0.25, 0.3) is 11.8 Å². The van der Waals surface area contributed by atoms with Crippen molar-refractivity contribution in [1.82, 2.24) is 4.57 Å². The van der Waals surface area contributed by atoms with E-state index in [1.54, 1.807) is 61.5 Å². The molecule has 0 saturated carbocycles. The number of nitro benzene ring substituents is 2. The van der Waals surface area contributed by atoms with Crippen molar-refractivity contribution in [1.29, 1.82) is 0 Å². The van der Waals surface area contributed by atoms with Gasteiger partial charge < -0.3 is 14.6 Å². The molecule has 43 heavy (non-hydrogen) atoms. The van der Waals surface area contributed by atoms with Gasteiger partial charge in [-0.2, -0.15) is 0 Å². The Morgan fingerprint density at radius 3 is 2.35 bits per heavy atom. The van der Waals surface area contributed by atoms with Gasteiger partial charge in [0, 0.05) is 17.7 Å². The number of esters is 1. The van der Waals surface area contributed by atoms with Crippen LogP contribution in [-0.4, -0.2) is 39.2 Å². The van der Waals surface area contributed by atoms with Crippen LogP contribution in [0.4, 0.5) is 11.4 Å². The molecule has 0 amide bonds. The van der Waals surface area contributed by atoms with Gasteiger partial charge in [0.1, 0.15) is 5.75 Å². The summed E-state index contributed by atoms with van der Waals surface area (Å²) in [5.74, 6) is -1.31. The molecule has 1 aromatic heterocycles. The van der Waals surface area contributed by atoms with Gasteiger partial charge in [-0.05, 0) is 36.3 Å². The van der Waals surface area contributed by atoms with E-state index in [0.29, 0.717) is 16.9 Å². The Morgan fingerprint density at radius 2 is 1.74 bits per heavy atom. The fraction of sp³-hybridized carbons (Fsp3) is 0.138. The lowest BCUT2D eigenvalue weighted by atomic mass is 9.93. The van der Waals surface area contributed by atoms with Gasteiger partial charge >= 0.3 is 17.3 Å². The predicted octanol–water partition coefficient (Wildman–Crippen LogP) is 3.47. The van der Waals surface area contributed by atoms with E-state index in [2.05, 4.69) is 0 Å². The molecule has 1 aliphatic heterocycles. The minimum atomic E-state index is -1.10. The van der Waals surface area contributed by atoms with Crippen molar-refractivity contribution in [3.63, 3.8) is 0 Å². The number of carbonyl (C=O) groups excluding carboxylic acids is 1. The van der Waals surface area contributed by atoms with Gasteiger partial charge in [-0.1, -0.05) is 53.8 Å². The molecule has 0 radical (unpaired) electrons. The summed E-state index contributed by atoms with van der Waals surface area (Å²) in [6.45, 7) is 1.73. The molecule has 4 aromatic rings. The summed E-state index contributed by atoms with van der Waals surface area (Å²) in [7, 11) is 1.48. The van der Waals surface area contributed by atoms with Gasteiger partial charge in [-0.15, -0.1) is 0 Å². The molecule has 0 unspecified atom stereocenters. The number of ether oxygens (including phenoxy) is 2. The van der Waals surface area contributed by atoms with E-state index in [9.17, 15) is 34.9 Å². The molecular formula is C29H22N4O9S. The molecule has 1 aliphatic rings. The highest BCUT2D eigenvalue weighted by molar-refractivity contribution is 7.07. The summed E-state index contributed by atoms with van der Waals surface area (Å²) >= 11 is 0.932. The van der Waals surface area contributed by atoms with Crippen LogP contribution >= 0.6 is 11.3 Å². The zero-order valence-electron chi connectivity index (χ0n) is 22.6. The Labute approximate surface area is 246 Å². The molecule has 2 heterocycles. The van der Waals surface area contributed by atoms with Crippen LogP contribution < -0.4 is 19.6 Å². The molecule has 14 heteroatoms. The first-order valence-electron chi connectivity index (χ1n) is 12.7. The first kappa shape index (κ1) is 28.9. The van der Waals surface area contributed by atoms with E-state index in [-0.39, 0.29) is 32.8 Å². The van der Waals surface area contributed by atoms with Crippen LogP contribution in [0.2, 0.25) is 0 Å². The molecule has 0 saturated heterocycles. The number of methoxy groups -OCH3 is 1. The Hall–Kier alpha value is -5.63. The molecule has 3 aromatic carbocycles. The minimum absolute atomic E-state index is 0.0263. The van der Waals surface area contributed by atoms with Crippen LogP contribution in [0.15, 0.2) is 82.1 Å². The summed E-state index contributed by atoms with van der Waals surface area (Å²) in [4.78, 5) is 53.5. The smallest absolute Gasteiger partial charge is 0.338 e. The van der Waals surface area contributed by atoms with Crippen molar-refractivity contribution in [2.75, 3.05) is 13.7 Å². The van der Waals surface area contributed by atoms with Gasteiger partial charge in [0.15, 0.2) is 4.80 Å². The van der Waals surface area contributed by atoms with E-state index >= 15 is 0 Å². The first-order chi connectivity index (χ1) is 20.6. The standard InChI is InChI=1S/C29H22N4O9S/c1-3-42-28(36)23-24(17-8-5-4-6-9-17)30-29-31(25(23)18-10-7-11-19(15-18)41-2)27(35)22(43-29)14-16-12-20(32(37)38)26(34)21(13-16)33(39)40/h4-15,25,34H,3H2,1-2H3/b22-14-/t25-/m1/s1. The van der Waals surface area contributed by atoms with Crippen molar-refractivity contribution in [2.45, 2.75) is 13.0 Å². The second-order valence-corrected chi connectivity index (χ2v) is 10.1. The lowest BCUT2D eigenvalue weighted by Gasteiger charge is -2.26. The van der Waals surface area contributed by atoms with Crippen LogP contribution in [0.5, 0.6) is 11.5 Å². The Kier molecular flexibility index (Phi) is 7.86. The van der Waals surface area contributed by atoms with E-state index in [1.165, 1.54) is 17.8 Å². The highest BCUT2D eigenvalue weighted by Gasteiger charge is 2.35. The Balaban J connectivity index is 1.84. The number of phenolic OH excluding ortho intramolecular Hbond substituents is 1. The molecule has 1 N–H and O–H groups in total. The maximum absolute atomic E-state index is 14.0. The number of hydrogen-bond acceptors (Lipinski definition) is 11. The van der Waals surface area contributed by atoms with E-state index in [1.807, 2.05) is 0 Å².